The van der Waals surface area contributed by atoms with Crippen LogP contribution in [-0.2, 0) is 24.4 Å². The van der Waals surface area contributed by atoms with Gasteiger partial charge in [0.1, 0.15) is 11.2 Å². The Labute approximate surface area is 188 Å². The number of methoxy groups -OCH3 is 1. The third-order valence-electron chi connectivity index (χ3n) is 5.03. The molecule has 2 aromatic carbocycles. The summed E-state index contributed by atoms with van der Waals surface area (Å²) in [6, 6.07) is 10.5. The first-order valence-electron chi connectivity index (χ1n) is 9.69. The highest BCUT2D eigenvalue weighted by Crippen LogP contribution is 2.34. The van der Waals surface area contributed by atoms with Gasteiger partial charge in [0.15, 0.2) is 5.58 Å². The first-order valence-corrected chi connectivity index (χ1v) is 11.1. The van der Waals surface area contributed by atoms with Gasteiger partial charge in [0.05, 0.1) is 42.0 Å². The van der Waals surface area contributed by atoms with Crippen LogP contribution in [0.2, 0.25) is 0 Å². The summed E-state index contributed by atoms with van der Waals surface area (Å²) in [6.45, 7) is -0.370. The maximum Gasteiger partial charge on any atom is 0.337 e. The molecular weight excluding hydrogens is 454 g/mol. The number of benzene rings is 2. The first kappa shape index (κ1) is 22.5. The van der Waals surface area contributed by atoms with Crippen LogP contribution in [0.25, 0.3) is 22.6 Å². The molecule has 2 heterocycles. The van der Waals surface area contributed by atoms with Gasteiger partial charge in [-0.05, 0) is 30.3 Å². The Balaban J connectivity index is 1.84. The number of hydrogen-bond acceptors (Lipinski definition) is 9. The van der Waals surface area contributed by atoms with Gasteiger partial charge < -0.3 is 24.5 Å². The quantitative estimate of drug-likeness (QED) is 0.338. The number of aliphatic hydroxyl groups excluding tert-OH is 1. The van der Waals surface area contributed by atoms with Crippen LogP contribution < -0.4 is 5.32 Å². The second-order valence-electron chi connectivity index (χ2n) is 7.09. The highest BCUT2D eigenvalue weighted by Gasteiger charge is 2.35. The molecule has 0 saturated heterocycles. The summed E-state index contributed by atoms with van der Waals surface area (Å²) in [5, 5.41) is 12.1. The Kier molecular flexibility index (Phi) is 5.89. The van der Waals surface area contributed by atoms with Gasteiger partial charge in [0, 0.05) is 6.54 Å². The molecule has 0 bridgehead atoms. The molecule has 33 heavy (non-hydrogen) atoms. The molecule has 0 saturated carbocycles. The fourth-order valence-corrected chi connectivity index (χ4v) is 3.95. The predicted octanol–water partition coefficient (Wildman–Crippen LogP) is 1.41. The van der Waals surface area contributed by atoms with Crippen LogP contribution in [0.5, 0.6) is 0 Å². The molecule has 3 N–H and O–H groups in total. The van der Waals surface area contributed by atoms with E-state index in [4.69, 9.17) is 9.15 Å². The number of esters is 1. The highest BCUT2D eigenvalue weighted by molar-refractivity contribution is 7.85. The standard InChI is InChI=1S/C21H19N3O8S/c1-31-21(27)14-11-24(8-9-25)20(26)18(14)22-15-7-6-12(33(28,29)30)10-13(15)19-23-16-4-2-3-5-17(16)32-19/h2-7,10,22,25H,8-9,11H2,1H3,(H,28,29,30). The van der Waals surface area contributed by atoms with Crippen molar-refractivity contribution in [1.29, 1.82) is 0 Å². The number of para-hydroxylation sites is 2. The summed E-state index contributed by atoms with van der Waals surface area (Å²) in [4.78, 5) is 30.3. The molecule has 1 aliphatic rings. The van der Waals surface area contributed by atoms with Crippen LogP contribution in [0.15, 0.2) is 63.0 Å². The minimum Gasteiger partial charge on any atom is -0.466 e. The third kappa shape index (κ3) is 4.31. The maximum absolute atomic E-state index is 12.9. The number of oxazole rings is 1. The van der Waals surface area contributed by atoms with E-state index in [1.165, 1.54) is 18.1 Å². The Morgan fingerprint density at radius 1 is 1.27 bits per heavy atom. The minimum atomic E-state index is -4.55. The van der Waals surface area contributed by atoms with Gasteiger partial charge in [0.25, 0.3) is 16.0 Å². The van der Waals surface area contributed by atoms with Crippen molar-refractivity contribution in [3.8, 4) is 11.5 Å². The molecule has 1 aliphatic heterocycles. The molecule has 11 nitrogen and oxygen atoms in total. The fourth-order valence-electron chi connectivity index (χ4n) is 3.44. The van der Waals surface area contributed by atoms with E-state index in [9.17, 15) is 27.7 Å². The van der Waals surface area contributed by atoms with E-state index >= 15 is 0 Å². The van der Waals surface area contributed by atoms with E-state index in [-0.39, 0.29) is 48.1 Å². The number of nitrogens with one attached hydrogen (secondary N) is 1. The largest absolute Gasteiger partial charge is 0.466 e. The lowest BCUT2D eigenvalue weighted by Gasteiger charge is -2.16. The summed E-state index contributed by atoms with van der Waals surface area (Å²) < 4.78 is 43.5. The van der Waals surface area contributed by atoms with E-state index in [1.54, 1.807) is 24.3 Å². The van der Waals surface area contributed by atoms with Gasteiger partial charge in [0.2, 0.25) is 5.89 Å². The summed E-state index contributed by atoms with van der Waals surface area (Å²) >= 11 is 0. The number of aromatic nitrogens is 1. The topological polar surface area (TPSA) is 159 Å². The number of hydrogen-bond donors (Lipinski definition) is 3. The molecular formula is C21H19N3O8S. The monoisotopic (exact) mass is 473 g/mol. The molecule has 12 heteroatoms. The Hall–Kier alpha value is -3.74. The van der Waals surface area contributed by atoms with E-state index < -0.39 is 26.9 Å². The smallest absolute Gasteiger partial charge is 0.337 e. The molecule has 1 aromatic heterocycles. The lowest BCUT2D eigenvalue weighted by atomic mass is 10.1. The molecule has 3 aromatic rings. The van der Waals surface area contributed by atoms with Crippen molar-refractivity contribution in [2.75, 3.05) is 32.1 Å². The number of β-amino-alcohol motifs (C(OH)–C–C–N with tert-alkyl or cyclic N) is 1. The fraction of sp³-hybridized carbons (Fsp3) is 0.190. The number of aliphatic hydroxyl groups is 1. The van der Waals surface area contributed by atoms with Crippen LogP contribution in [0, 0.1) is 0 Å². The van der Waals surface area contributed by atoms with Crippen LogP contribution in [0.4, 0.5) is 5.69 Å². The second kappa shape index (κ2) is 8.65. The van der Waals surface area contributed by atoms with Gasteiger partial charge in [-0.15, -0.1) is 0 Å². The minimum absolute atomic E-state index is 0.00415. The van der Waals surface area contributed by atoms with Crippen molar-refractivity contribution in [2.45, 2.75) is 4.90 Å². The number of carbonyl (C=O) groups is 2. The zero-order chi connectivity index (χ0) is 23.8. The van der Waals surface area contributed by atoms with Crippen LogP contribution in [0.3, 0.4) is 0 Å². The maximum atomic E-state index is 12.9. The first-order chi connectivity index (χ1) is 15.7. The Morgan fingerprint density at radius 3 is 2.70 bits per heavy atom. The zero-order valence-electron chi connectivity index (χ0n) is 17.3. The summed E-state index contributed by atoms with van der Waals surface area (Å²) in [6.07, 6.45) is 0. The van der Waals surface area contributed by atoms with Crippen molar-refractivity contribution in [1.82, 2.24) is 9.88 Å². The molecule has 0 radical (unpaired) electrons. The molecule has 0 atom stereocenters. The summed E-state index contributed by atoms with van der Waals surface area (Å²) in [7, 11) is -3.37. The van der Waals surface area contributed by atoms with E-state index in [1.807, 2.05) is 0 Å². The van der Waals surface area contributed by atoms with Gasteiger partial charge in [-0.1, -0.05) is 12.1 Å². The SMILES string of the molecule is COC(=O)C1=C(Nc2ccc(S(=O)(=O)O)cc2-c2nc3ccccc3o2)C(=O)N(CCO)C1. The second-order valence-corrected chi connectivity index (χ2v) is 8.51. The molecule has 1 amide bonds. The van der Waals surface area contributed by atoms with Crippen LogP contribution in [-0.4, -0.2) is 66.6 Å². The number of anilines is 1. The number of ether oxygens (including phenoxy) is 1. The molecule has 0 aliphatic carbocycles. The van der Waals surface area contributed by atoms with Crippen molar-refractivity contribution in [2.24, 2.45) is 0 Å². The summed E-state index contributed by atoms with van der Waals surface area (Å²) in [5.41, 5.74) is 1.23. The van der Waals surface area contributed by atoms with Gasteiger partial charge in [-0.3, -0.25) is 9.35 Å². The van der Waals surface area contributed by atoms with Gasteiger partial charge in [-0.2, -0.15) is 8.42 Å². The molecule has 0 spiro atoms. The number of fused-ring (bicyclic) bond motifs is 1. The van der Waals surface area contributed by atoms with Crippen molar-refractivity contribution in [3.63, 3.8) is 0 Å². The molecule has 172 valence electrons. The van der Waals surface area contributed by atoms with E-state index in [2.05, 4.69) is 10.3 Å². The van der Waals surface area contributed by atoms with Crippen molar-refractivity contribution < 1.29 is 36.8 Å². The van der Waals surface area contributed by atoms with E-state index in [0.717, 1.165) is 12.1 Å². The van der Waals surface area contributed by atoms with Crippen LogP contribution in [0.1, 0.15) is 0 Å². The lowest BCUT2D eigenvalue weighted by molar-refractivity contribution is -0.136. The number of amides is 1. The molecule has 0 fully saturated rings. The molecule has 0 unspecified atom stereocenters. The van der Waals surface area contributed by atoms with Gasteiger partial charge in [-0.25, -0.2) is 9.78 Å². The van der Waals surface area contributed by atoms with Gasteiger partial charge >= 0.3 is 5.97 Å². The Morgan fingerprint density at radius 2 is 2.03 bits per heavy atom. The summed E-state index contributed by atoms with van der Waals surface area (Å²) in [5.74, 6) is -1.25. The predicted molar refractivity (Wildman–Crippen MR) is 116 cm³/mol. The number of carbonyl (C=O) groups excluding carboxylic acids is 2. The number of rotatable bonds is 7. The third-order valence-corrected chi connectivity index (χ3v) is 5.88. The van der Waals surface area contributed by atoms with E-state index in [0.29, 0.717) is 11.1 Å². The molecule has 4 rings (SSSR count). The lowest BCUT2D eigenvalue weighted by Crippen LogP contribution is -2.31. The highest BCUT2D eigenvalue weighted by atomic mass is 32.2. The van der Waals surface area contributed by atoms with Crippen molar-refractivity contribution >= 4 is 38.8 Å². The zero-order valence-corrected chi connectivity index (χ0v) is 18.1. The van der Waals surface area contributed by atoms with Crippen LogP contribution >= 0.6 is 0 Å². The average molecular weight is 473 g/mol. The average Bonchev–Trinajstić information content (AvgIpc) is 3.35. The van der Waals surface area contributed by atoms with Crippen molar-refractivity contribution in [3.05, 3.63) is 53.7 Å². The Bertz CT molecular complexity index is 1360. The number of nitrogens with zero attached hydrogens (tertiary/aromatic N) is 2. The normalized spacial score (nSPS) is 14.3.